The second kappa shape index (κ2) is 7.58. The number of piperazine rings is 1. The summed E-state index contributed by atoms with van der Waals surface area (Å²) in [6.45, 7) is 5.68. The van der Waals surface area contributed by atoms with Crippen molar-refractivity contribution in [2.45, 2.75) is 13.5 Å². The highest BCUT2D eigenvalue weighted by atomic mass is 35.5. The maximum absolute atomic E-state index is 12.3. The van der Waals surface area contributed by atoms with Crippen LogP contribution in [0.1, 0.15) is 11.1 Å². The summed E-state index contributed by atoms with van der Waals surface area (Å²) in [6.07, 6.45) is 0. The highest BCUT2D eigenvalue weighted by Crippen LogP contribution is 2.20. The van der Waals surface area contributed by atoms with Gasteiger partial charge >= 0.3 is 6.03 Å². The lowest BCUT2D eigenvalue weighted by Crippen LogP contribution is -2.51. The molecule has 1 aliphatic heterocycles. The molecule has 0 aromatic heterocycles. The number of rotatable bonds is 3. The Kier molecular flexibility index (Phi) is 5.26. The van der Waals surface area contributed by atoms with Crippen LogP contribution in [0.3, 0.4) is 0 Å². The zero-order valence-electron chi connectivity index (χ0n) is 13.8. The van der Waals surface area contributed by atoms with Gasteiger partial charge in [0, 0.05) is 43.4 Å². The molecule has 0 bridgehead atoms. The predicted octanol–water partition coefficient (Wildman–Crippen LogP) is 3.68. The number of hydrogen-bond donors (Lipinski definition) is 1. The zero-order chi connectivity index (χ0) is 16.9. The summed E-state index contributed by atoms with van der Waals surface area (Å²) in [5, 5.41) is 3.75. The lowest BCUT2D eigenvalue weighted by molar-refractivity contribution is 0.194. The molecule has 126 valence electrons. The third kappa shape index (κ3) is 4.20. The zero-order valence-corrected chi connectivity index (χ0v) is 14.6. The topological polar surface area (TPSA) is 35.6 Å². The van der Waals surface area contributed by atoms with Crippen LogP contribution in [0, 0.1) is 6.92 Å². The number of aryl methyl sites for hydroxylation is 1. The average Bonchev–Trinajstić information content (AvgIpc) is 2.60. The van der Waals surface area contributed by atoms with E-state index in [1.54, 1.807) is 0 Å². The Labute approximate surface area is 148 Å². The summed E-state index contributed by atoms with van der Waals surface area (Å²) < 4.78 is 0. The Morgan fingerprint density at radius 3 is 2.54 bits per heavy atom. The molecule has 3 rings (SSSR count). The van der Waals surface area contributed by atoms with E-state index in [1.165, 1.54) is 5.56 Å². The molecule has 1 fully saturated rings. The number of amides is 2. The van der Waals surface area contributed by atoms with Crippen LogP contribution >= 0.6 is 11.6 Å². The summed E-state index contributed by atoms with van der Waals surface area (Å²) in [7, 11) is 0. The third-order valence-electron chi connectivity index (χ3n) is 4.27. The molecular weight excluding hydrogens is 322 g/mol. The van der Waals surface area contributed by atoms with E-state index >= 15 is 0 Å². The number of halogens is 1. The first-order valence-corrected chi connectivity index (χ1v) is 8.58. The Morgan fingerprint density at radius 2 is 1.83 bits per heavy atom. The Hall–Kier alpha value is -2.20. The minimum absolute atomic E-state index is 0.00208. The van der Waals surface area contributed by atoms with Gasteiger partial charge in [0.2, 0.25) is 0 Å². The largest absolute Gasteiger partial charge is 0.368 e. The molecule has 1 aliphatic rings. The van der Waals surface area contributed by atoms with Crippen molar-refractivity contribution in [3.05, 3.63) is 64.7 Å². The van der Waals surface area contributed by atoms with Gasteiger partial charge in [-0.05, 0) is 30.7 Å². The maximum atomic E-state index is 12.3. The molecule has 0 saturated carbocycles. The molecule has 1 saturated heterocycles. The van der Waals surface area contributed by atoms with Gasteiger partial charge in [-0.2, -0.15) is 0 Å². The molecule has 1 N–H and O–H groups in total. The van der Waals surface area contributed by atoms with Crippen LogP contribution in [0.2, 0.25) is 5.02 Å². The molecule has 4 nitrogen and oxygen atoms in total. The van der Waals surface area contributed by atoms with Crippen molar-refractivity contribution in [3.63, 3.8) is 0 Å². The number of hydrogen-bond acceptors (Lipinski definition) is 2. The standard InChI is InChI=1S/C19H22ClN3O/c1-15-4-2-5-16(12-15)14-21-19(24)23-10-8-22(9-11-23)18-7-3-6-17(20)13-18/h2-7,12-13H,8-11,14H2,1H3,(H,21,24). The van der Waals surface area contributed by atoms with Gasteiger partial charge in [0.1, 0.15) is 0 Å². The van der Waals surface area contributed by atoms with E-state index in [2.05, 4.69) is 35.3 Å². The fourth-order valence-corrected chi connectivity index (χ4v) is 3.14. The molecule has 2 aromatic rings. The van der Waals surface area contributed by atoms with Crippen LogP contribution in [-0.4, -0.2) is 37.1 Å². The van der Waals surface area contributed by atoms with E-state index in [1.807, 2.05) is 35.2 Å². The van der Waals surface area contributed by atoms with Crippen LogP contribution in [0.4, 0.5) is 10.5 Å². The molecule has 2 amide bonds. The Balaban J connectivity index is 1.50. The van der Waals surface area contributed by atoms with Crippen molar-refractivity contribution < 1.29 is 4.79 Å². The molecule has 24 heavy (non-hydrogen) atoms. The number of carbonyl (C=O) groups is 1. The molecule has 5 heteroatoms. The number of nitrogens with one attached hydrogen (secondary N) is 1. The molecule has 0 spiro atoms. The van der Waals surface area contributed by atoms with Crippen LogP contribution in [-0.2, 0) is 6.54 Å². The fourth-order valence-electron chi connectivity index (χ4n) is 2.95. The molecule has 0 aliphatic carbocycles. The summed E-state index contributed by atoms with van der Waals surface area (Å²) in [5.74, 6) is 0. The van der Waals surface area contributed by atoms with Crippen molar-refractivity contribution in [2.24, 2.45) is 0 Å². The van der Waals surface area contributed by atoms with Gasteiger partial charge in [-0.3, -0.25) is 0 Å². The number of nitrogens with zero attached hydrogens (tertiary/aromatic N) is 2. The van der Waals surface area contributed by atoms with Crippen molar-refractivity contribution in [3.8, 4) is 0 Å². The van der Waals surface area contributed by atoms with E-state index < -0.39 is 0 Å². The molecule has 2 aromatic carbocycles. The van der Waals surface area contributed by atoms with E-state index in [4.69, 9.17) is 11.6 Å². The highest BCUT2D eigenvalue weighted by Gasteiger charge is 2.21. The van der Waals surface area contributed by atoms with Gasteiger partial charge in [0.15, 0.2) is 0 Å². The van der Waals surface area contributed by atoms with Gasteiger partial charge < -0.3 is 15.1 Å². The normalized spacial score (nSPS) is 14.6. The summed E-state index contributed by atoms with van der Waals surface area (Å²) >= 11 is 6.05. The van der Waals surface area contributed by atoms with Crippen LogP contribution in [0.5, 0.6) is 0 Å². The van der Waals surface area contributed by atoms with E-state index in [9.17, 15) is 4.79 Å². The lowest BCUT2D eigenvalue weighted by Gasteiger charge is -2.36. The number of anilines is 1. The van der Waals surface area contributed by atoms with Gasteiger partial charge in [0.25, 0.3) is 0 Å². The minimum Gasteiger partial charge on any atom is -0.368 e. The van der Waals surface area contributed by atoms with Crippen molar-refractivity contribution in [1.29, 1.82) is 0 Å². The smallest absolute Gasteiger partial charge is 0.317 e. The number of urea groups is 1. The first kappa shape index (κ1) is 16.7. The average molecular weight is 344 g/mol. The minimum atomic E-state index is 0.00208. The van der Waals surface area contributed by atoms with E-state index in [0.29, 0.717) is 19.6 Å². The number of benzene rings is 2. The van der Waals surface area contributed by atoms with E-state index in [-0.39, 0.29) is 6.03 Å². The number of carbonyl (C=O) groups excluding carboxylic acids is 1. The second-order valence-electron chi connectivity index (χ2n) is 6.10. The van der Waals surface area contributed by atoms with Crippen LogP contribution < -0.4 is 10.2 Å². The van der Waals surface area contributed by atoms with Gasteiger partial charge in [-0.25, -0.2) is 4.79 Å². The first-order chi connectivity index (χ1) is 11.6. The van der Waals surface area contributed by atoms with Crippen molar-refractivity contribution in [2.75, 3.05) is 31.1 Å². The van der Waals surface area contributed by atoms with Crippen molar-refractivity contribution in [1.82, 2.24) is 10.2 Å². The molecular formula is C19H22ClN3O. The molecule has 0 atom stereocenters. The van der Waals surface area contributed by atoms with Crippen LogP contribution in [0.15, 0.2) is 48.5 Å². The molecule has 1 heterocycles. The quantitative estimate of drug-likeness (QED) is 0.922. The monoisotopic (exact) mass is 343 g/mol. The summed E-state index contributed by atoms with van der Waals surface area (Å²) in [4.78, 5) is 16.5. The van der Waals surface area contributed by atoms with Gasteiger partial charge in [0.05, 0.1) is 0 Å². The third-order valence-corrected chi connectivity index (χ3v) is 4.50. The van der Waals surface area contributed by atoms with E-state index in [0.717, 1.165) is 29.4 Å². The highest BCUT2D eigenvalue weighted by molar-refractivity contribution is 6.30. The Morgan fingerprint density at radius 1 is 1.08 bits per heavy atom. The van der Waals surface area contributed by atoms with Crippen molar-refractivity contribution >= 4 is 23.3 Å². The molecule has 0 radical (unpaired) electrons. The SMILES string of the molecule is Cc1cccc(CNC(=O)N2CCN(c3cccc(Cl)c3)CC2)c1. The first-order valence-electron chi connectivity index (χ1n) is 8.21. The second-order valence-corrected chi connectivity index (χ2v) is 6.54. The fraction of sp³-hybridized carbons (Fsp3) is 0.316. The van der Waals surface area contributed by atoms with Gasteiger partial charge in [-0.15, -0.1) is 0 Å². The predicted molar refractivity (Wildman–Crippen MR) is 98.7 cm³/mol. The van der Waals surface area contributed by atoms with Gasteiger partial charge in [-0.1, -0.05) is 47.5 Å². The molecule has 0 unspecified atom stereocenters. The Bertz CT molecular complexity index is 711. The summed E-state index contributed by atoms with van der Waals surface area (Å²) in [6, 6.07) is 16.1. The summed E-state index contributed by atoms with van der Waals surface area (Å²) in [5.41, 5.74) is 3.44. The maximum Gasteiger partial charge on any atom is 0.317 e. The lowest BCUT2D eigenvalue weighted by atomic mass is 10.1. The van der Waals surface area contributed by atoms with Crippen LogP contribution in [0.25, 0.3) is 0 Å².